The van der Waals surface area contributed by atoms with Gasteiger partial charge in [-0.25, -0.2) is 0 Å². The zero-order valence-electron chi connectivity index (χ0n) is 15.3. The smallest absolute Gasteiger partial charge is 0.286 e. The van der Waals surface area contributed by atoms with E-state index in [1.807, 2.05) is 18.2 Å². The molecule has 0 bridgehead atoms. The average Bonchev–Trinajstić information content (AvgIpc) is 3.11. The summed E-state index contributed by atoms with van der Waals surface area (Å²) in [6.07, 6.45) is 1.69. The van der Waals surface area contributed by atoms with Crippen molar-refractivity contribution < 1.29 is 14.3 Å². The molecule has 0 saturated carbocycles. The first-order chi connectivity index (χ1) is 12.6. The normalized spacial score (nSPS) is 15.9. The lowest BCUT2D eigenvalue weighted by Crippen LogP contribution is -2.43. The van der Waals surface area contributed by atoms with Gasteiger partial charge in [-0.05, 0) is 49.7 Å². The van der Waals surface area contributed by atoms with Crippen LogP contribution in [0.4, 0.5) is 0 Å². The number of aryl methyl sites for hydroxylation is 1. The Kier molecular flexibility index (Phi) is 6.30. The molecule has 6 nitrogen and oxygen atoms in total. The molecule has 1 fully saturated rings. The van der Waals surface area contributed by atoms with E-state index >= 15 is 0 Å². The first kappa shape index (κ1) is 18.5. The van der Waals surface area contributed by atoms with Gasteiger partial charge in [0.25, 0.3) is 5.91 Å². The maximum absolute atomic E-state index is 12.2. The van der Waals surface area contributed by atoms with E-state index in [1.54, 1.807) is 18.2 Å². The molecule has 1 aliphatic rings. The van der Waals surface area contributed by atoms with Crippen molar-refractivity contribution in [2.75, 3.05) is 39.8 Å². The van der Waals surface area contributed by atoms with Crippen molar-refractivity contribution in [1.82, 2.24) is 15.1 Å². The molecular weight excluding hydrogens is 330 g/mol. The molecule has 0 aliphatic carbocycles. The number of aromatic hydroxyl groups is 1. The highest BCUT2D eigenvalue weighted by Gasteiger charge is 2.17. The Morgan fingerprint density at radius 1 is 1.12 bits per heavy atom. The molecule has 6 heteroatoms. The van der Waals surface area contributed by atoms with E-state index in [-0.39, 0.29) is 11.7 Å². The number of furan rings is 1. The number of amides is 1. The number of hydrogen-bond donors (Lipinski definition) is 2. The molecule has 1 aromatic carbocycles. The molecule has 0 spiro atoms. The standard InChI is InChI=1S/C20H27N3O3/c1-22-11-13-23(14-12-22)15-18-8-9-19(26-18)20(25)21-10-2-3-16-4-6-17(24)7-5-16/h4-9,24H,2-3,10-15H2,1H3,(H,21,25). The minimum absolute atomic E-state index is 0.166. The summed E-state index contributed by atoms with van der Waals surface area (Å²) >= 11 is 0. The Labute approximate surface area is 154 Å². The highest BCUT2D eigenvalue weighted by molar-refractivity contribution is 5.91. The molecule has 2 aromatic rings. The lowest BCUT2D eigenvalue weighted by molar-refractivity contribution is 0.0918. The summed E-state index contributed by atoms with van der Waals surface area (Å²) in [6.45, 7) is 5.52. The lowest BCUT2D eigenvalue weighted by atomic mass is 10.1. The third-order valence-electron chi connectivity index (χ3n) is 4.72. The lowest BCUT2D eigenvalue weighted by Gasteiger charge is -2.31. The number of likely N-dealkylation sites (N-methyl/N-ethyl adjacent to an activating group) is 1. The van der Waals surface area contributed by atoms with Gasteiger partial charge in [0.15, 0.2) is 5.76 Å². The van der Waals surface area contributed by atoms with Crippen molar-refractivity contribution in [3.8, 4) is 5.75 Å². The van der Waals surface area contributed by atoms with Crippen LogP contribution in [0.1, 0.15) is 28.3 Å². The third-order valence-corrected chi connectivity index (χ3v) is 4.72. The fraction of sp³-hybridized carbons (Fsp3) is 0.450. The van der Waals surface area contributed by atoms with E-state index < -0.39 is 0 Å². The Morgan fingerprint density at radius 2 is 1.85 bits per heavy atom. The maximum Gasteiger partial charge on any atom is 0.286 e. The van der Waals surface area contributed by atoms with Crippen LogP contribution in [-0.4, -0.2) is 60.6 Å². The Bertz CT molecular complexity index is 703. The quantitative estimate of drug-likeness (QED) is 0.743. The van der Waals surface area contributed by atoms with Crippen LogP contribution in [0.2, 0.25) is 0 Å². The predicted octanol–water partition coefficient (Wildman–Crippen LogP) is 2.10. The molecule has 1 saturated heterocycles. The number of benzene rings is 1. The minimum atomic E-state index is -0.166. The van der Waals surface area contributed by atoms with Crippen molar-refractivity contribution in [2.24, 2.45) is 0 Å². The van der Waals surface area contributed by atoms with E-state index in [0.717, 1.165) is 56.9 Å². The SMILES string of the molecule is CN1CCN(Cc2ccc(C(=O)NCCCc3ccc(O)cc3)o2)CC1. The van der Waals surface area contributed by atoms with Gasteiger partial charge in [-0.3, -0.25) is 9.69 Å². The molecular formula is C20H27N3O3. The number of nitrogens with zero attached hydrogens (tertiary/aromatic N) is 2. The molecule has 1 aliphatic heterocycles. The van der Waals surface area contributed by atoms with E-state index in [4.69, 9.17) is 4.42 Å². The molecule has 3 rings (SSSR count). The number of phenolic OH excluding ortho intramolecular Hbond substituents is 1. The molecule has 1 amide bonds. The molecule has 1 aromatic heterocycles. The summed E-state index contributed by atoms with van der Waals surface area (Å²) in [4.78, 5) is 16.9. The number of piperazine rings is 1. The van der Waals surface area contributed by atoms with Crippen LogP contribution in [0.25, 0.3) is 0 Å². The fourth-order valence-electron chi connectivity index (χ4n) is 3.06. The first-order valence-corrected chi connectivity index (χ1v) is 9.16. The minimum Gasteiger partial charge on any atom is -0.508 e. The summed E-state index contributed by atoms with van der Waals surface area (Å²) in [5.41, 5.74) is 1.14. The molecule has 0 atom stereocenters. The van der Waals surface area contributed by atoms with Crippen molar-refractivity contribution in [3.05, 3.63) is 53.5 Å². The fourth-order valence-corrected chi connectivity index (χ4v) is 3.06. The summed E-state index contributed by atoms with van der Waals surface area (Å²) in [6, 6.07) is 10.8. The Balaban J connectivity index is 1.39. The van der Waals surface area contributed by atoms with E-state index in [1.165, 1.54) is 0 Å². The van der Waals surface area contributed by atoms with E-state index in [0.29, 0.717) is 12.3 Å². The van der Waals surface area contributed by atoms with Crippen molar-refractivity contribution in [3.63, 3.8) is 0 Å². The number of rotatable bonds is 7. The highest BCUT2D eigenvalue weighted by Crippen LogP contribution is 2.13. The molecule has 140 valence electrons. The van der Waals surface area contributed by atoms with Crippen molar-refractivity contribution >= 4 is 5.91 Å². The monoisotopic (exact) mass is 357 g/mol. The number of hydrogen-bond acceptors (Lipinski definition) is 5. The molecule has 2 N–H and O–H groups in total. The molecule has 0 radical (unpaired) electrons. The summed E-state index contributed by atoms with van der Waals surface area (Å²) in [5.74, 6) is 1.31. The van der Waals surface area contributed by atoms with Gasteiger partial charge in [0.05, 0.1) is 6.54 Å². The van der Waals surface area contributed by atoms with Crippen LogP contribution in [0.15, 0.2) is 40.8 Å². The van der Waals surface area contributed by atoms with Crippen molar-refractivity contribution in [2.45, 2.75) is 19.4 Å². The summed E-state index contributed by atoms with van der Waals surface area (Å²) in [7, 11) is 2.13. The topological polar surface area (TPSA) is 69.0 Å². The van der Waals surface area contributed by atoms with Crippen LogP contribution in [0.3, 0.4) is 0 Å². The van der Waals surface area contributed by atoms with Crippen LogP contribution >= 0.6 is 0 Å². The highest BCUT2D eigenvalue weighted by atomic mass is 16.4. The van der Waals surface area contributed by atoms with Crippen LogP contribution in [0, 0.1) is 0 Å². The van der Waals surface area contributed by atoms with Crippen molar-refractivity contribution in [1.29, 1.82) is 0 Å². The maximum atomic E-state index is 12.2. The molecule has 0 unspecified atom stereocenters. The number of nitrogens with one attached hydrogen (secondary N) is 1. The zero-order chi connectivity index (χ0) is 18.4. The van der Waals surface area contributed by atoms with Gasteiger partial charge in [0, 0.05) is 32.7 Å². The van der Waals surface area contributed by atoms with Gasteiger partial charge in [0.2, 0.25) is 0 Å². The van der Waals surface area contributed by atoms with E-state index in [2.05, 4.69) is 22.2 Å². The van der Waals surface area contributed by atoms with Gasteiger partial charge in [0.1, 0.15) is 11.5 Å². The van der Waals surface area contributed by atoms with Gasteiger partial charge in [-0.1, -0.05) is 12.1 Å². The second kappa shape index (κ2) is 8.87. The Hall–Kier alpha value is -2.31. The average molecular weight is 357 g/mol. The number of phenols is 1. The summed E-state index contributed by atoms with van der Waals surface area (Å²) in [5, 5.41) is 12.2. The van der Waals surface area contributed by atoms with Gasteiger partial charge in [-0.15, -0.1) is 0 Å². The molecule has 2 heterocycles. The van der Waals surface area contributed by atoms with Crippen LogP contribution < -0.4 is 5.32 Å². The second-order valence-corrected chi connectivity index (χ2v) is 6.87. The van der Waals surface area contributed by atoms with Crippen LogP contribution in [0.5, 0.6) is 5.75 Å². The van der Waals surface area contributed by atoms with Crippen LogP contribution in [-0.2, 0) is 13.0 Å². The van der Waals surface area contributed by atoms with Gasteiger partial charge >= 0.3 is 0 Å². The van der Waals surface area contributed by atoms with Gasteiger partial charge in [-0.2, -0.15) is 0 Å². The largest absolute Gasteiger partial charge is 0.508 e. The Morgan fingerprint density at radius 3 is 2.58 bits per heavy atom. The number of carbonyl (C=O) groups excluding carboxylic acids is 1. The second-order valence-electron chi connectivity index (χ2n) is 6.87. The van der Waals surface area contributed by atoms with Gasteiger partial charge < -0.3 is 19.7 Å². The molecule has 26 heavy (non-hydrogen) atoms. The number of carbonyl (C=O) groups is 1. The predicted molar refractivity (Wildman–Crippen MR) is 100 cm³/mol. The zero-order valence-corrected chi connectivity index (χ0v) is 15.3. The van der Waals surface area contributed by atoms with E-state index in [9.17, 15) is 9.90 Å². The third kappa shape index (κ3) is 5.34. The first-order valence-electron chi connectivity index (χ1n) is 9.16. The summed E-state index contributed by atoms with van der Waals surface area (Å²) < 4.78 is 5.71.